The van der Waals surface area contributed by atoms with E-state index in [1.54, 1.807) is 0 Å². The summed E-state index contributed by atoms with van der Waals surface area (Å²) in [5, 5.41) is 5.58. The molecule has 0 saturated carbocycles. The van der Waals surface area contributed by atoms with Gasteiger partial charge < -0.3 is 10.6 Å². The Morgan fingerprint density at radius 2 is 1.95 bits per heavy atom. The van der Waals surface area contributed by atoms with E-state index in [2.05, 4.69) is 10.6 Å². The van der Waals surface area contributed by atoms with E-state index in [-0.39, 0.29) is 12.1 Å². The number of carbonyl (C=O) groups excluding carboxylic acids is 1. The van der Waals surface area contributed by atoms with Crippen molar-refractivity contribution in [3.05, 3.63) is 29.8 Å². The molecule has 0 aliphatic carbocycles. The number of nitrogens with one attached hydrogen (secondary N) is 2. The first-order valence-corrected chi connectivity index (χ1v) is 8.79. The summed E-state index contributed by atoms with van der Waals surface area (Å²) in [5.74, 6) is 0. The van der Waals surface area contributed by atoms with Crippen LogP contribution < -0.4 is 10.6 Å². The third-order valence-electron chi connectivity index (χ3n) is 3.50. The maximum absolute atomic E-state index is 11.9. The van der Waals surface area contributed by atoms with Crippen molar-refractivity contribution >= 4 is 21.7 Å². The molecule has 2 N–H and O–H groups in total. The molecule has 0 spiro atoms. The van der Waals surface area contributed by atoms with Gasteiger partial charge in [-0.1, -0.05) is 17.7 Å². The first-order chi connectivity index (χ1) is 9.84. The zero-order valence-corrected chi connectivity index (χ0v) is 13.1. The highest BCUT2D eigenvalue weighted by Crippen LogP contribution is 2.14. The lowest BCUT2D eigenvalue weighted by atomic mass is 10.1. The number of hydrogen-bond donors (Lipinski definition) is 2. The monoisotopic (exact) mass is 311 g/mol. The maximum atomic E-state index is 11.9. The SMILES string of the molecule is Cc1ccc(NC(=O)NC2CCCN(S(C)(=O)=O)C2)cc1. The number of piperidine rings is 1. The molecule has 1 atom stereocenters. The van der Waals surface area contributed by atoms with Gasteiger partial charge in [-0.2, -0.15) is 0 Å². The molecule has 1 aromatic carbocycles. The molecule has 1 fully saturated rings. The standard InChI is InChI=1S/C14H21N3O3S/c1-11-5-7-12(8-6-11)15-14(18)16-13-4-3-9-17(10-13)21(2,19)20/h5-8,13H,3-4,9-10H2,1-2H3,(H2,15,16,18). The van der Waals surface area contributed by atoms with Crippen LogP contribution >= 0.6 is 0 Å². The van der Waals surface area contributed by atoms with Gasteiger partial charge in [-0.05, 0) is 31.9 Å². The summed E-state index contributed by atoms with van der Waals surface area (Å²) >= 11 is 0. The maximum Gasteiger partial charge on any atom is 0.319 e. The summed E-state index contributed by atoms with van der Waals surface area (Å²) in [5.41, 5.74) is 1.84. The number of anilines is 1. The first kappa shape index (κ1) is 15.8. The van der Waals surface area contributed by atoms with Crippen LogP contribution in [0.25, 0.3) is 0 Å². The van der Waals surface area contributed by atoms with Gasteiger partial charge in [-0.3, -0.25) is 0 Å². The normalized spacial score (nSPS) is 20.0. The number of benzene rings is 1. The number of aryl methyl sites for hydroxylation is 1. The van der Waals surface area contributed by atoms with Crippen LogP contribution in [0.4, 0.5) is 10.5 Å². The highest BCUT2D eigenvalue weighted by Gasteiger charge is 2.26. The van der Waals surface area contributed by atoms with Crippen molar-refractivity contribution in [3.63, 3.8) is 0 Å². The molecular weight excluding hydrogens is 290 g/mol. The van der Waals surface area contributed by atoms with Gasteiger partial charge in [0.25, 0.3) is 0 Å². The van der Waals surface area contributed by atoms with Crippen LogP contribution in [-0.4, -0.2) is 44.1 Å². The fourth-order valence-corrected chi connectivity index (χ4v) is 3.26. The minimum atomic E-state index is -3.20. The lowest BCUT2D eigenvalue weighted by molar-refractivity contribution is 0.236. The average molecular weight is 311 g/mol. The quantitative estimate of drug-likeness (QED) is 0.889. The minimum absolute atomic E-state index is 0.154. The zero-order chi connectivity index (χ0) is 15.5. The molecule has 21 heavy (non-hydrogen) atoms. The molecule has 1 heterocycles. The zero-order valence-electron chi connectivity index (χ0n) is 12.3. The smallest absolute Gasteiger partial charge is 0.319 e. The van der Waals surface area contributed by atoms with Crippen LogP contribution in [-0.2, 0) is 10.0 Å². The fourth-order valence-electron chi connectivity index (χ4n) is 2.35. The summed E-state index contributed by atoms with van der Waals surface area (Å²) in [6.07, 6.45) is 2.73. The Labute approximate surface area is 125 Å². The van der Waals surface area contributed by atoms with E-state index >= 15 is 0 Å². The van der Waals surface area contributed by atoms with Crippen LogP contribution in [0.1, 0.15) is 18.4 Å². The Bertz CT molecular complexity index is 598. The predicted molar refractivity (Wildman–Crippen MR) is 82.8 cm³/mol. The van der Waals surface area contributed by atoms with Crippen molar-refractivity contribution in [1.29, 1.82) is 0 Å². The van der Waals surface area contributed by atoms with Crippen LogP contribution in [0.3, 0.4) is 0 Å². The summed E-state index contributed by atoms with van der Waals surface area (Å²) in [6, 6.07) is 7.04. The molecule has 0 bridgehead atoms. The van der Waals surface area contributed by atoms with Crippen molar-refractivity contribution in [3.8, 4) is 0 Å². The number of rotatable bonds is 3. The Morgan fingerprint density at radius 1 is 1.29 bits per heavy atom. The highest BCUT2D eigenvalue weighted by atomic mass is 32.2. The van der Waals surface area contributed by atoms with E-state index in [1.165, 1.54) is 10.6 Å². The second-order valence-electron chi connectivity index (χ2n) is 5.42. The molecule has 2 amide bonds. The van der Waals surface area contributed by atoms with Gasteiger partial charge in [-0.25, -0.2) is 17.5 Å². The van der Waals surface area contributed by atoms with E-state index in [4.69, 9.17) is 0 Å². The lowest BCUT2D eigenvalue weighted by Gasteiger charge is -2.31. The summed E-state index contributed by atoms with van der Waals surface area (Å²) in [7, 11) is -3.20. The van der Waals surface area contributed by atoms with E-state index in [0.29, 0.717) is 18.8 Å². The van der Waals surface area contributed by atoms with Crippen LogP contribution in [0, 0.1) is 6.92 Å². The summed E-state index contributed by atoms with van der Waals surface area (Å²) in [4.78, 5) is 11.9. The molecular formula is C14H21N3O3S. The molecule has 1 aromatic rings. The average Bonchev–Trinajstić information content (AvgIpc) is 2.41. The Balaban J connectivity index is 1.89. The van der Waals surface area contributed by atoms with E-state index in [1.807, 2.05) is 31.2 Å². The van der Waals surface area contributed by atoms with Gasteiger partial charge in [-0.15, -0.1) is 0 Å². The van der Waals surface area contributed by atoms with Crippen molar-refractivity contribution in [2.75, 3.05) is 24.7 Å². The van der Waals surface area contributed by atoms with E-state index in [0.717, 1.165) is 18.4 Å². The number of amides is 2. The third-order valence-corrected chi connectivity index (χ3v) is 4.77. The topological polar surface area (TPSA) is 78.5 Å². The first-order valence-electron chi connectivity index (χ1n) is 6.94. The summed E-state index contributed by atoms with van der Waals surface area (Å²) in [6.45, 7) is 2.84. The number of hydrogen-bond acceptors (Lipinski definition) is 3. The Morgan fingerprint density at radius 3 is 2.57 bits per heavy atom. The number of urea groups is 1. The summed E-state index contributed by atoms with van der Waals surface area (Å²) < 4.78 is 24.5. The van der Waals surface area contributed by atoms with Gasteiger partial charge in [0.2, 0.25) is 10.0 Å². The largest absolute Gasteiger partial charge is 0.334 e. The molecule has 1 saturated heterocycles. The molecule has 0 radical (unpaired) electrons. The van der Waals surface area contributed by atoms with Crippen LogP contribution in [0.5, 0.6) is 0 Å². The Kier molecular flexibility index (Phi) is 4.84. The lowest BCUT2D eigenvalue weighted by Crippen LogP contribution is -2.50. The van der Waals surface area contributed by atoms with Crippen LogP contribution in [0.2, 0.25) is 0 Å². The van der Waals surface area contributed by atoms with Gasteiger partial charge >= 0.3 is 6.03 Å². The molecule has 6 nitrogen and oxygen atoms in total. The predicted octanol–water partition coefficient (Wildman–Crippen LogP) is 1.54. The highest BCUT2D eigenvalue weighted by molar-refractivity contribution is 7.88. The number of sulfonamides is 1. The third kappa shape index (κ3) is 4.71. The number of carbonyl (C=O) groups is 1. The van der Waals surface area contributed by atoms with E-state index < -0.39 is 10.0 Å². The number of nitrogens with zero attached hydrogens (tertiary/aromatic N) is 1. The molecule has 7 heteroatoms. The molecule has 0 aromatic heterocycles. The molecule has 116 valence electrons. The van der Waals surface area contributed by atoms with Crippen LogP contribution in [0.15, 0.2) is 24.3 Å². The van der Waals surface area contributed by atoms with Gasteiger partial charge in [0.1, 0.15) is 0 Å². The molecule has 1 aliphatic heterocycles. The van der Waals surface area contributed by atoms with Crippen molar-refractivity contribution < 1.29 is 13.2 Å². The molecule has 1 unspecified atom stereocenters. The molecule has 2 rings (SSSR count). The Hall–Kier alpha value is -1.60. The molecule has 1 aliphatic rings. The van der Waals surface area contributed by atoms with Gasteiger partial charge in [0.05, 0.1) is 6.26 Å². The van der Waals surface area contributed by atoms with Crippen molar-refractivity contribution in [2.45, 2.75) is 25.8 Å². The minimum Gasteiger partial charge on any atom is -0.334 e. The van der Waals surface area contributed by atoms with Crippen molar-refractivity contribution in [1.82, 2.24) is 9.62 Å². The second-order valence-corrected chi connectivity index (χ2v) is 7.41. The van der Waals surface area contributed by atoms with Gasteiger partial charge in [0.15, 0.2) is 0 Å². The second kappa shape index (κ2) is 6.44. The van der Waals surface area contributed by atoms with E-state index in [9.17, 15) is 13.2 Å². The fraction of sp³-hybridized carbons (Fsp3) is 0.500. The van der Waals surface area contributed by atoms with Crippen molar-refractivity contribution in [2.24, 2.45) is 0 Å². The van der Waals surface area contributed by atoms with Gasteiger partial charge in [0, 0.05) is 24.8 Å².